The molecule has 0 aliphatic rings. The van der Waals surface area contributed by atoms with Crippen LogP contribution in [0, 0.1) is 5.82 Å². The molecule has 1 amide bonds. The van der Waals surface area contributed by atoms with E-state index in [1.165, 1.54) is 23.5 Å². The van der Waals surface area contributed by atoms with Gasteiger partial charge in [-0.25, -0.2) is 9.37 Å². The normalized spacial score (nSPS) is 10.2. The van der Waals surface area contributed by atoms with Gasteiger partial charge in [0.1, 0.15) is 22.1 Å². The molecule has 2 rings (SSSR count). The third-order valence-corrected chi connectivity index (χ3v) is 2.88. The fourth-order valence-corrected chi connectivity index (χ4v) is 1.88. The van der Waals surface area contributed by atoms with Crippen molar-refractivity contribution in [3.8, 4) is 5.75 Å². The van der Waals surface area contributed by atoms with Crippen molar-refractivity contribution in [3.63, 3.8) is 0 Å². The number of carbonyl (C=O) groups excluding carboxylic acids is 1. The van der Waals surface area contributed by atoms with Crippen LogP contribution in [0.4, 0.5) is 4.39 Å². The number of hydrogen-bond acceptors (Lipinski definition) is 4. The number of rotatable bonds is 3. The number of nitrogens with one attached hydrogen (secondary N) is 1. The fraction of sp³-hybridized carbons (Fsp3) is 0.0909. The van der Waals surface area contributed by atoms with Crippen molar-refractivity contribution >= 4 is 17.2 Å². The molecule has 0 aliphatic carbocycles. The Hall–Kier alpha value is -1.95. The zero-order valence-electron chi connectivity index (χ0n) is 8.68. The molecule has 0 bridgehead atoms. The van der Waals surface area contributed by atoms with E-state index in [2.05, 4.69) is 10.3 Å². The minimum absolute atomic E-state index is 0.213. The Bertz CT molecular complexity index is 508. The molecule has 1 aromatic heterocycles. The topological polar surface area (TPSA) is 62.2 Å². The summed E-state index contributed by atoms with van der Waals surface area (Å²) in [6.07, 6.45) is 1.62. The maximum Gasteiger partial charge on any atom is 0.258 e. The number of phenolic OH excluding ortho intramolecular Hbond substituents is 1. The molecule has 1 aromatic carbocycles. The largest absolute Gasteiger partial charge is 0.507 e. The minimum Gasteiger partial charge on any atom is -0.507 e. The van der Waals surface area contributed by atoms with Crippen LogP contribution >= 0.6 is 11.3 Å². The molecule has 1 heterocycles. The minimum atomic E-state index is -0.748. The number of benzene rings is 1. The molecular weight excluding hydrogens is 243 g/mol. The van der Waals surface area contributed by atoms with E-state index in [0.717, 1.165) is 6.07 Å². The van der Waals surface area contributed by atoms with Crippen LogP contribution in [0.25, 0.3) is 0 Å². The number of aromatic hydroxyl groups is 1. The summed E-state index contributed by atoms with van der Waals surface area (Å²) in [5.41, 5.74) is -0.343. The molecule has 0 spiro atoms. The highest BCUT2D eigenvalue weighted by Crippen LogP contribution is 2.19. The van der Waals surface area contributed by atoms with Gasteiger partial charge in [0, 0.05) is 11.6 Å². The molecule has 17 heavy (non-hydrogen) atoms. The molecule has 0 unspecified atom stereocenters. The van der Waals surface area contributed by atoms with Gasteiger partial charge in [-0.1, -0.05) is 6.07 Å². The average molecular weight is 252 g/mol. The summed E-state index contributed by atoms with van der Waals surface area (Å²) in [5, 5.41) is 14.4. The monoisotopic (exact) mass is 252 g/mol. The molecule has 2 aromatic rings. The van der Waals surface area contributed by atoms with Gasteiger partial charge in [0.15, 0.2) is 0 Å². The Morgan fingerprint density at radius 2 is 2.35 bits per heavy atom. The SMILES string of the molecule is O=C(NCc1nccs1)c1c(O)cccc1F. The van der Waals surface area contributed by atoms with E-state index in [0.29, 0.717) is 5.01 Å². The van der Waals surface area contributed by atoms with Crippen molar-refractivity contribution < 1.29 is 14.3 Å². The smallest absolute Gasteiger partial charge is 0.258 e. The first kappa shape index (κ1) is 11.5. The number of hydrogen-bond donors (Lipinski definition) is 2. The van der Waals surface area contributed by atoms with Crippen molar-refractivity contribution in [2.24, 2.45) is 0 Å². The molecule has 0 saturated heterocycles. The summed E-state index contributed by atoms with van der Waals surface area (Å²) in [6, 6.07) is 3.72. The number of thiazole rings is 1. The Morgan fingerprint density at radius 3 is 3.00 bits per heavy atom. The van der Waals surface area contributed by atoms with E-state index in [9.17, 15) is 14.3 Å². The molecule has 2 N–H and O–H groups in total. The highest BCUT2D eigenvalue weighted by molar-refractivity contribution is 7.09. The molecule has 0 fully saturated rings. The highest BCUT2D eigenvalue weighted by atomic mass is 32.1. The quantitative estimate of drug-likeness (QED) is 0.877. The summed E-state index contributed by atoms with van der Waals surface area (Å²) in [7, 11) is 0. The molecule has 0 aliphatic heterocycles. The lowest BCUT2D eigenvalue weighted by Crippen LogP contribution is -2.23. The van der Waals surface area contributed by atoms with E-state index in [1.54, 1.807) is 11.6 Å². The van der Waals surface area contributed by atoms with Crippen LogP contribution in [0.15, 0.2) is 29.8 Å². The summed E-state index contributed by atoms with van der Waals surface area (Å²) in [4.78, 5) is 15.6. The van der Waals surface area contributed by atoms with Gasteiger partial charge >= 0.3 is 0 Å². The molecule has 0 atom stereocenters. The maximum atomic E-state index is 13.3. The lowest BCUT2D eigenvalue weighted by Gasteiger charge is -2.06. The lowest BCUT2D eigenvalue weighted by atomic mass is 10.2. The Morgan fingerprint density at radius 1 is 1.53 bits per heavy atom. The molecule has 0 saturated carbocycles. The summed E-state index contributed by atoms with van der Waals surface area (Å²) < 4.78 is 13.3. The van der Waals surface area contributed by atoms with Crippen LogP contribution in [0.3, 0.4) is 0 Å². The number of halogens is 1. The van der Waals surface area contributed by atoms with E-state index < -0.39 is 11.7 Å². The predicted octanol–water partition coefficient (Wildman–Crippen LogP) is 1.92. The van der Waals surface area contributed by atoms with Crippen LogP contribution in [0.2, 0.25) is 0 Å². The van der Waals surface area contributed by atoms with Crippen molar-refractivity contribution in [2.75, 3.05) is 0 Å². The number of amides is 1. The Balaban J connectivity index is 2.10. The van der Waals surface area contributed by atoms with Crippen molar-refractivity contribution in [3.05, 3.63) is 46.2 Å². The molecular formula is C11H9FN2O2S. The van der Waals surface area contributed by atoms with E-state index in [4.69, 9.17) is 0 Å². The summed E-state index contributed by atoms with van der Waals surface area (Å²) in [6.45, 7) is 0.213. The van der Waals surface area contributed by atoms with Crippen molar-refractivity contribution in [1.82, 2.24) is 10.3 Å². The highest BCUT2D eigenvalue weighted by Gasteiger charge is 2.16. The summed E-state index contributed by atoms with van der Waals surface area (Å²) in [5.74, 6) is -1.78. The van der Waals surface area contributed by atoms with E-state index in [-0.39, 0.29) is 17.9 Å². The number of carbonyl (C=O) groups is 1. The van der Waals surface area contributed by atoms with Gasteiger partial charge in [-0.2, -0.15) is 0 Å². The predicted molar refractivity (Wildman–Crippen MR) is 61.3 cm³/mol. The third-order valence-electron chi connectivity index (χ3n) is 2.10. The molecule has 88 valence electrons. The second kappa shape index (κ2) is 4.92. The van der Waals surface area contributed by atoms with Gasteiger partial charge in [-0.15, -0.1) is 11.3 Å². The van der Waals surface area contributed by atoms with Crippen LogP contribution in [-0.2, 0) is 6.54 Å². The molecule has 6 heteroatoms. The maximum absolute atomic E-state index is 13.3. The van der Waals surface area contributed by atoms with Gasteiger partial charge < -0.3 is 10.4 Å². The number of phenols is 1. The third kappa shape index (κ3) is 2.59. The first-order valence-electron chi connectivity index (χ1n) is 4.82. The van der Waals surface area contributed by atoms with Crippen molar-refractivity contribution in [1.29, 1.82) is 0 Å². The first-order valence-corrected chi connectivity index (χ1v) is 5.70. The van der Waals surface area contributed by atoms with Gasteiger partial charge in [0.25, 0.3) is 5.91 Å². The molecule has 4 nitrogen and oxygen atoms in total. The van der Waals surface area contributed by atoms with Crippen LogP contribution in [0.5, 0.6) is 5.75 Å². The van der Waals surface area contributed by atoms with Crippen LogP contribution in [0.1, 0.15) is 15.4 Å². The second-order valence-electron chi connectivity index (χ2n) is 3.24. The van der Waals surface area contributed by atoms with Crippen LogP contribution in [-0.4, -0.2) is 16.0 Å². The van der Waals surface area contributed by atoms with E-state index in [1.807, 2.05) is 0 Å². The van der Waals surface area contributed by atoms with Crippen LogP contribution < -0.4 is 5.32 Å². The number of aromatic nitrogens is 1. The Labute approximate surface area is 101 Å². The van der Waals surface area contributed by atoms with Gasteiger partial charge in [0.2, 0.25) is 0 Å². The van der Waals surface area contributed by atoms with Crippen molar-refractivity contribution in [2.45, 2.75) is 6.54 Å². The average Bonchev–Trinajstić information content (AvgIpc) is 2.79. The number of nitrogens with zero attached hydrogens (tertiary/aromatic N) is 1. The van der Waals surface area contributed by atoms with Gasteiger partial charge in [-0.05, 0) is 12.1 Å². The van der Waals surface area contributed by atoms with Gasteiger partial charge in [0.05, 0.1) is 6.54 Å². The second-order valence-corrected chi connectivity index (χ2v) is 4.22. The molecule has 0 radical (unpaired) electrons. The first-order chi connectivity index (χ1) is 8.18. The zero-order chi connectivity index (χ0) is 12.3. The lowest BCUT2D eigenvalue weighted by molar-refractivity contribution is 0.0944. The van der Waals surface area contributed by atoms with E-state index >= 15 is 0 Å². The standard InChI is InChI=1S/C11H9FN2O2S/c12-7-2-1-3-8(15)10(7)11(16)14-6-9-13-4-5-17-9/h1-5,15H,6H2,(H,14,16). The zero-order valence-corrected chi connectivity index (χ0v) is 9.50. The summed E-state index contributed by atoms with van der Waals surface area (Å²) >= 11 is 1.39. The van der Waals surface area contributed by atoms with Gasteiger partial charge in [-0.3, -0.25) is 4.79 Å². The Kier molecular flexibility index (Phi) is 3.34. The fourth-order valence-electron chi connectivity index (χ4n) is 1.32.